The zero-order chi connectivity index (χ0) is 70.5. The average molecular weight is 1370 g/mol. The molecule has 97 heavy (non-hydrogen) atoms. The zero-order valence-corrected chi connectivity index (χ0v) is 57.6. The van der Waals surface area contributed by atoms with E-state index in [4.69, 9.17) is 66.3 Å². The number of carbonyl (C=O) groups is 6. The SMILES string of the molecule is COC(=O)N[C@H]1[C@@H](C)O[C@@H](O[C@H]2C/C=C(\C)[C@@H]3C=C[C@@H]4[C@@H](O[C@H]5C[C@@H](O[C@H]6CC[C@@H](O[C@@H]7C[C@@H](O)[C@@H](O[C@H]8CC[C@@H](O)[C@H](C)O8)[C@H](C)O7)[C@H](C)O6)[C@@H](OC(C)=O)[C@H](COC(C)=O)O5)[C@@H](C)C[C@H](C)[C@H]4[C@]3(C)C(O)=C3C(=O)O[C@]4(CC(C=O)=C[C@H](O)[C@H]4/C=C/2C)C3=O)C[C@]1(C)[NH+]([O-])O. The third kappa shape index (κ3) is 15.3. The highest BCUT2D eigenvalue weighted by Crippen LogP contribution is 2.61. The molecular weight excluding hydrogens is 1270 g/mol. The van der Waals surface area contributed by atoms with Crippen molar-refractivity contribution in [3.8, 4) is 0 Å². The second-order valence-corrected chi connectivity index (χ2v) is 29.0. The molecule has 542 valence electrons. The van der Waals surface area contributed by atoms with Gasteiger partial charge in [0.05, 0.1) is 80.5 Å². The number of fused-ring (bicyclic) bond motifs is 4. The van der Waals surface area contributed by atoms with Crippen LogP contribution < -0.4 is 10.5 Å². The molecule has 0 aromatic carbocycles. The Bertz CT molecular complexity index is 3050. The average Bonchev–Trinajstić information content (AvgIpc) is 1.68. The maximum atomic E-state index is 15.6. The summed E-state index contributed by atoms with van der Waals surface area (Å²) in [7, 11) is 1.16. The summed E-state index contributed by atoms with van der Waals surface area (Å²) >= 11 is 0. The van der Waals surface area contributed by atoms with E-state index in [1.165, 1.54) is 26.8 Å². The Morgan fingerprint density at radius 1 is 0.732 bits per heavy atom. The van der Waals surface area contributed by atoms with Crippen molar-refractivity contribution in [3.05, 3.63) is 63.6 Å². The monoisotopic (exact) mass is 1370 g/mol. The van der Waals surface area contributed by atoms with E-state index in [-0.39, 0.29) is 49.7 Å². The number of carbonyl (C=O) groups excluding carboxylic acids is 6. The highest BCUT2D eigenvalue weighted by atomic mass is 16.8. The lowest BCUT2D eigenvalue weighted by molar-refractivity contribution is -1.09. The zero-order valence-electron chi connectivity index (χ0n) is 57.6. The summed E-state index contributed by atoms with van der Waals surface area (Å²) in [5.74, 6) is -7.63. The number of Topliss-reactive ketones (excluding diaryl/α,β-unsaturated/α-hetero) is 1. The summed E-state index contributed by atoms with van der Waals surface area (Å²) in [5.41, 5.74) is -4.89. The number of hydrogen-bond donors (Lipinski definition) is 7. The molecule has 28 nitrogen and oxygen atoms in total. The number of nitrogens with one attached hydrogen (secondary N) is 2. The molecule has 2 bridgehead atoms. The number of hydrogen-bond acceptors (Lipinski definition) is 26. The maximum absolute atomic E-state index is 15.6. The number of amides is 1. The minimum Gasteiger partial charge on any atom is -0.600 e. The molecule has 0 radical (unpaired) electrons. The van der Waals surface area contributed by atoms with Gasteiger partial charge >= 0.3 is 24.0 Å². The van der Waals surface area contributed by atoms with E-state index >= 15 is 4.79 Å². The van der Waals surface area contributed by atoms with Crippen LogP contribution in [0, 0.1) is 46.1 Å². The Kier molecular flexibility index (Phi) is 23.2. The molecule has 10 aliphatic rings. The number of ketones is 1. The molecule has 28 heteroatoms. The van der Waals surface area contributed by atoms with Gasteiger partial charge in [-0.25, -0.2) is 20.0 Å². The first-order valence-electron chi connectivity index (χ1n) is 34.2. The van der Waals surface area contributed by atoms with E-state index < -0.39 is 216 Å². The van der Waals surface area contributed by atoms with Crippen LogP contribution >= 0.6 is 0 Å². The number of aldehydes is 1. The van der Waals surface area contributed by atoms with E-state index in [1.54, 1.807) is 40.7 Å². The highest BCUT2D eigenvalue weighted by Gasteiger charge is 2.65. The van der Waals surface area contributed by atoms with E-state index in [0.29, 0.717) is 49.5 Å². The van der Waals surface area contributed by atoms with Gasteiger partial charge in [-0.15, -0.1) is 0 Å². The number of ether oxygens (including phenoxy) is 14. The first-order valence-corrected chi connectivity index (χ1v) is 34.2. The quantitative estimate of drug-likeness (QED) is 0.0281. The fourth-order valence-electron chi connectivity index (χ4n) is 17.2. The van der Waals surface area contributed by atoms with Crippen molar-refractivity contribution in [2.75, 3.05) is 13.7 Å². The summed E-state index contributed by atoms with van der Waals surface area (Å²) in [6.45, 7) is 20.0. The minimum absolute atomic E-state index is 0.0162. The Morgan fingerprint density at radius 3 is 2.05 bits per heavy atom. The van der Waals surface area contributed by atoms with Crippen molar-refractivity contribution in [1.82, 2.24) is 5.32 Å². The van der Waals surface area contributed by atoms with Crippen LogP contribution in [0.1, 0.15) is 147 Å². The number of rotatable bonds is 16. The topological polar surface area (TPSA) is 372 Å². The van der Waals surface area contributed by atoms with Crippen LogP contribution in [0.5, 0.6) is 0 Å². The normalized spacial score (nSPS) is 46.2. The number of allylic oxidation sites excluding steroid dienone is 3. The lowest BCUT2D eigenvalue weighted by Crippen LogP contribution is -3.17. The molecule has 1 unspecified atom stereocenters. The van der Waals surface area contributed by atoms with Gasteiger partial charge in [0.2, 0.25) is 5.78 Å². The molecule has 1 spiro atoms. The Labute approximate surface area is 565 Å². The number of methoxy groups -OCH3 is 1. The number of hydroxylamine groups is 2. The van der Waals surface area contributed by atoms with E-state index in [1.807, 2.05) is 45.9 Å². The molecule has 0 aromatic rings. The number of aliphatic hydroxyl groups excluding tert-OH is 4. The second kappa shape index (κ2) is 30.2. The summed E-state index contributed by atoms with van der Waals surface area (Å²) in [4.78, 5) is 81.0. The maximum Gasteiger partial charge on any atom is 0.407 e. The Balaban J connectivity index is 0.930. The summed E-state index contributed by atoms with van der Waals surface area (Å²) in [5, 5.41) is 71.9. The first-order chi connectivity index (χ1) is 45.8. The highest BCUT2D eigenvalue weighted by molar-refractivity contribution is 6.26. The molecule has 7 fully saturated rings. The van der Waals surface area contributed by atoms with Gasteiger partial charge in [-0.05, 0) is 109 Å². The third-order valence-corrected chi connectivity index (χ3v) is 22.1. The van der Waals surface area contributed by atoms with E-state index in [2.05, 4.69) is 5.32 Å². The fourth-order valence-corrected chi connectivity index (χ4v) is 17.2. The first kappa shape index (κ1) is 74.6. The minimum atomic E-state index is -2.23. The molecule has 0 aromatic heterocycles. The molecule has 1 saturated carbocycles. The van der Waals surface area contributed by atoms with Crippen molar-refractivity contribution in [2.45, 2.75) is 281 Å². The molecule has 6 aliphatic heterocycles. The van der Waals surface area contributed by atoms with Crippen molar-refractivity contribution < 1.29 is 126 Å². The molecule has 6 heterocycles. The molecule has 4 aliphatic carbocycles. The second-order valence-electron chi connectivity index (χ2n) is 29.0. The van der Waals surface area contributed by atoms with Gasteiger partial charge in [0, 0.05) is 63.2 Å². The van der Waals surface area contributed by atoms with Crippen molar-refractivity contribution in [1.29, 1.82) is 0 Å². The van der Waals surface area contributed by atoms with E-state index in [9.17, 15) is 54.8 Å². The van der Waals surface area contributed by atoms with Crippen LogP contribution in [0.25, 0.3) is 0 Å². The smallest absolute Gasteiger partial charge is 0.407 e. The summed E-state index contributed by atoms with van der Waals surface area (Å²) in [6, 6.07) is -1.04. The largest absolute Gasteiger partial charge is 0.600 e. The molecule has 10 rings (SSSR count). The van der Waals surface area contributed by atoms with E-state index in [0.717, 1.165) is 7.11 Å². The standard InChI is InChI=1S/C69H100N2O26/c1-31-14-18-48(91-56-28-67(11,71(82)83)62(38(8)89-56)70-66(81)84-13)32(2)23-44-46(76)24-41(29-72)27-69(44)64(79)57(65(80)97-69)63(78)68(12)43(31)16-15-42-58(68)33(3)22-34(4)59(42)96-55-26-50(61(90-40(10)74)51(94-55)30-85-39(9)73)93-52-21-19-49(36(6)87-52)92-54-25-47(77)60(37(7)88-54)95-53-20-17-45(75)35(5)86-53/h14-16,23-24,29,33-38,42-56,58-62,71,75-78,82H,17-22,25-28,30H2,1-13H3,(H,70,81)/b31-14+,32-23+,63-57?/t33-,34-,35-,36-,37-,38+,42-,43-,44+,45+,46-,47+,48-,49+,50+,51-,52-,53-,54+,55-,56-,58+,59-,60-,61+,62-,67-,68+,69-/m0/s1. The number of quaternary nitrogens is 1. The lowest BCUT2D eigenvalue weighted by Gasteiger charge is -2.57. The lowest BCUT2D eigenvalue weighted by atomic mass is 9.49. The Hall–Kier alpha value is -5.12. The number of esters is 3. The van der Waals surface area contributed by atoms with Gasteiger partial charge in [-0.1, -0.05) is 50.6 Å². The number of aliphatic hydroxyl groups is 4. The molecule has 6 saturated heterocycles. The number of alkyl carbamates (subject to hydrolysis) is 1. The summed E-state index contributed by atoms with van der Waals surface area (Å²) < 4.78 is 87.4. The van der Waals surface area contributed by atoms with Crippen molar-refractivity contribution >= 4 is 36.1 Å². The van der Waals surface area contributed by atoms with Crippen LogP contribution in [0.4, 0.5) is 4.79 Å². The molecule has 1 amide bonds. The van der Waals surface area contributed by atoms with Crippen LogP contribution in [0.15, 0.2) is 58.4 Å². The van der Waals surface area contributed by atoms with Gasteiger partial charge in [-0.3, -0.25) is 19.2 Å². The van der Waals surface area contributed by atoms with Gasteiger partial charge in [0.1, 0.15) is 48.6 Å². The predicted octanol–water partition coefficient (Wildman–Crippen LogP) is 4.40. The van der Waals surface area contributed by atoms with Crippen LogP contribution in [0.3, 0.4) is 0 Å². The molecule has 30 atom stereocenters. The van der Waals surface area contributed by atoms with Gasteiger partial charge in [0.15, 0.2) is 48.7 Å². The van der Waals surface area contributed by atoms with Gasteiger partial charge < -0.3 is 97.3 Å². The van der Waals surface area contributed by atoms with Crippen molar-refractivity contribution in [2.24, 2.45) is 40.9 Å². The summed E-state index contributed by atoms with van der Waals surface area (Å²) in [6.07, 6.45) is -6.14. The predicted molar refractivity (Wildman–Crippen MR) is 335 cm³/mol. The third-order valence-electron chi connectivity index (χ3n) is 22.1. The van der Waals surface area contributed by atoms with Crippen molar-refractivity contribution in [3.63, 3.8) is 0 Å². The Morgan fingerprint density at radius 2 is 1.39 bits per heavy atom. The van der Waals surface area contributed by atoms with Crippen LogP contribution in [-0.2, 0) is 90.3 Å². The fraction of sp³-hybridized carbons (Fsp3) is 0.768. The molecule has 7 N–H and O–H groups in total. The van der Waals surface area contributed by atoms with Crippen LogP contribution in [0.2, 0.25) is 0 Å². The molecular formula is C69H100N2O26. The van der Waals surface area contributed by atoms with Gasteiger partial charge in [-0.2, -0.15) is 0 Å². The van der Waals surface area contributed by atoms with Crippen LogP contribution in [-0.4, -0.2) is 210 Å². The van der Waals surface area contributed by atoms with Gasteiger partial charge in [0.25, 0.3) is 0 Å².